The molecule has 0 bridgehead atoms. The quantitative estimate of drug-likeness (QED) is 0.582. The smallest absolute Gasteiger partial charge is 0.146 e. The maximum Gasteiger partial charge on any atom is 0.146 e. The summed E-state index contributed by atoms with van der Waals surface area (Å²) in [6, 6.07) is 2.09. The maximum atomic E-state index is 5.26. The van der Waals surface area contributed by atoms with Crippen molar-refractivity contribution < 1.29 is 9.47 Å². The Balaban J connectivity index is 1.96. The minimum absolute atomic E-state index is 0.320. The van der Waals surface area contributed by atoms with Crippen LogP contribution in [0.5, 0.6) is 0 Å². The van der Waals surface area contributed by atoms with Crippen molar-refractivity contribution in [3.05, 3.63) is 17.5 Å². The molecule has 1 N–H and O–H groups in total. The fourth-order valence-corrected chi connectivity index (χ4v) is 1.72. The zero-order valence-corrected chi connectivity index (χ0v) is 9.03. The van der Waals surface area contributed by atoms with Crippen LogP contribution in [-0.2, 0) is 29.2 Å². The lowest BCUT2D eigenvalue weighted by Crippen LogP contribution is -2.11. The molecule has 0 unspecified atom stereocenters. The molecule has 15 heavy (non-hydrogen) atoms. The van der Waals surface area contributed by atoms with Crippen LogP contribution in [0.15, 0.2) is 6.07 Å². The topological polar surface area (TPSA) is 48.3 Å². The van der Waals surface area contributed by atoms with Gasteiger partial charge in [-0.15, -0.1) is 0 Å². The van der Waals surface area contributed by atoms with Gasteiger partial charge in [0.05, 0.1) is 18.0 Å². The van der Waals surface area contributed by atoms with Crippen LogP contribution in [0.2, 0.25) is 0 Å². The normalized spacial score (nSPS) is 16.1. The van der Waals surface area contributed by atoms with Crippen LogP contribution in [0, 0.1) is 0 Å². The van der Waals surface area contributed by atoms with Gasteiger partial charge in [-0.3, -0.25) is 4.68 Å². The summed E-state index contributed by atoms with van der Waals surface area (Å²) in [5, 5.41) is 7.84. The van der Waals surface area contributed by atoms with Crippen molar-refractivity contribution in [1.82, 2.24) is 15.1 Å². The molecule has 1 aromatic heterocycles. The first kappa shape index (κ1) is 10.6. The SMILES string of the molecule is COCOCc1cc2n(n1)CCCNC2. The second kappa shape index (κ2) is 5.25. The van der Waals surface area contributed by atoms with Crippen molar-refractivity contribution in [1.29, 1.82) is 0 Å². The average Bonchev–Trinajstić information content (AvgIpc) is 2.49. The third-order valence-corrected chi connectivity index (χ3v) is 2.39. The molecule has 0 atom stereocenters. The predicted octanol–water partition coefficient (Wildman–Crippen LogP) is 0.497. The summed E-state index contributed by atoms with van der Waals surface area (Å²) >= 11 is 0. The third kappa shape index (κ3) is 2.77. The monoisotopic (exact) mass is 211 g/mol. The van der Waals surface area contributed by atoms with Gasteiger partial charge in [0.2, 0.25) is 0 Å². The average molecular weight is 211 g/mol. The van der Waals surface area contributed by atoms with Gasteiger partial charge in [-0.05, 0) is 19.0 Å². The molecule has 84 valence electrons. The first-order valence-corrected chi connectivity index (χ1v) is 5.23. The molecule has 0 radical (unpaired) electrons. The van der Waals surface area contributed by atoms with Crippen LogP contribution in [0.4, 0.5) is 0 Å². The number of nitrogens with zero attached hydrogens (tertiary/aromatic N) is 2. The lowest BCUT2D eigenvalue weighted by Gasteiger charge is -2.00. The summed E-state index contributed by atoms with van der Waals surface area (Å²) in [5.74, 6) is 0. The van der Waals surface area contributed by atoms with E-state index in [2.05, 4.69) is 21.2 Å². The Hall–Kier alpha value is -0.910. The second-order valence-corrected chi connectivity index (χ2v) is 3.64. The Bertz CT molecular complexity index is 288. The van der Waals surface area contributed by atoms with E-state index in [4.69, 9.17) is 9.47 Å². The lowest BCUT2D eigenvalue weighted by atomic mass is 10.3. The van der Waals surface area contributed by atoms with Crippen LogP contribution in [0.1, 0.15) is 17.8 Å². The van der Waals surface area contributed by atoms with E-state index in [0.29, 0.717) is 13.4 Å². The van der Waals surface area contributed by atoms with Gasteiger partial charge in [-0.2, -0.15) is 5.10 Å². The molecular formula is C10H17N3O2. The number of aromatic nitrogens is 2. The number of methoxy groups -OCH3 is 1. The molecule has 2 rings (SSSR count). The Morgan fingerprint density at radius 2 is 2.53 bits per heavy atom. The third-order valence-electron chi connectivity index (χ3n) is 2.39. The fourth-order valence-electron chi connectivity index (χ4n) is 1.72. The molecule has 0 amide bonds. The molecule has 2 heterocycles. The van der Waals surface area contributed by atoms with E-state index < -0.39 is 0 Å². The molecule has 1 aliphatic heterocycles. The van der Waals surface area contributed by atoms with Crippen molar-refractivity contribution >= 4 is 0 Å². The molecular weight excluding hydrogens is 194 g/mol. The van der Waals surface area contributed by atoms with Gasteiger partial charge < -0.3 is 14.8 Å². The van der Waals surface area contributed by atoms with Crippen molar-refractivity contribution in [2.24, 2.45) is 0 Å². The predicted molar refractivity (Wildman–Crippen MR) is 55.2 cm³/mol. The molecule has 5 nitrogen and oxygen atoms in total. The second-order valence-electron chi connectivity index (χ2n) is 3.64. The zero-order chi connectivity index (χ0) is 10.5. The minimum atomic E-state index is 0.320. The highest BCUT2D eigenvalue weighted by molar-refractivity contribution is 5.10. The van der Waals surface area contributed by atoms with Gasteiger partial charge in [-0.25, -0.2) is 0 Å². The van der Waals surface area contributed by atoms with E-state index >= 15 is 0 Å². The summed E-state index contributed by atoms with van der Waals surface area (Å²) in [7, 11) is 1.62. The van der Waals surface area contributed by atoms with E-state index in [0.717, 1.165) is 31.7 Å². The highest BCUT2D eigenvalue weighted by Crippen LogP contribution is 2.09. The zero-order valence-electron chi connectivity index (χ0n) is 9.03. The van der Waals surface area contributed by atoms with E-state index in [1.54, 1.807) is 7.11 Å². The fraction of sp³-hybridized carbons (Fsp3) is 0.700. The number of aryl methyl sites for hydroxylation is 1. The van der Waals surface area contributed by atoms with Gasteiger partial charge in [0, 0.05) is 20.2 Å². The minimum Gasteiger partial charge on any atom is -0.359 e. The molecule has 1 aliphatic rings. The van der Waals surface area contributed by atoms with Crippen LogP contribution in [0.25, 0.3) is 0 Å². The van der Waals surface area contributed by atoms with Crippen LogP contribution in [0.3, 0.4) is 0 Å². The van der Waals surface area contributed by atoms with Crippen molar-refractivity contribution in [2.45, 2.75) is 26.1 Å². The first-order chi connectivity index (χ1) is 7.40. The molecule has 0 spiro atoms. The number of hydrogen-bond acceptors (Lipinski definition) is 4. The Labute approximate surface area is 89.4 Å². The number of rotatable bonds is 4. The number of fused-ring (bicyclic) bond motifs is 1. The Kier molecular flexibility index (Phi) is 3.71. The number of nitrogens with one attached hydrogen (secondary N) is 1. The summed E-state index contributed by atoms with van der Waals surface area (Å²) in [4.78, 5) is 0. The molecule has 0 aliphatic carbocycles. The van der Waals surface area contributed by atoms with E-state index in [-0.39, 0.29) is 0 Å². The molecule has 0 saturated carbocycles. The number of ether oxygens (including phenoxy) is 2. The first-order valence-electron chi connectivity index (χ1n) is 5.23. The highest BCUT2D eigenvalue weighted by Gasteiger charge is 2.10. The Morgan fingerprint density at radius 3 is 3.40 bits per heavy atom. The van der Waals surface area contributed by atoms with Gasteiger partial charge >= 0.3 is 0 Å². The molecule has 0 saturated heterocycles. The van der Waals surface area contributed by atoms with Crippen LogP contribution < -0.4 is 5.32 Å². The maximum absolute atomic E-state index is 5.26. The van der Waals surface area contributed by atoms with Gasteiger partial charge in [-0.1, -0.05) is 0 Å². The van der Waals surface area contributed by atoms with Gasteiger partial charge in [0.25, 0.3) is 0 Å². The summed E-state index contributed by atoms with van der Waals surface area (Å²) < 4.78 is 12.1. The highest BCUT2D eigenvalue weighted by atomic mass is 16.7. The Morgan fingerprint density at radius 1 is 1.60 bits per heavy atom. The van der Waals surface area contributed by atoms with Gasteiger partial charge in [0.15, 0.2) is 0 Å². The van der Waals surface area contributed by atoms with Crippen LogP contribution in [-0.4, -0.2) is 30.2 Å². The summed E-state index contributed by atoms with van der Waals surface area (Å²) in [6.45, 7) is 3.80. The molecule has 1 aromatic rings. The molecule has 0 fully saturated rings. The molecule has 0 aromatic carbocycles. The van der Waals surface area contributed by atoms with Crippen LogP contribution >= 0.6 is 0 Å². The van der Waals surface area contributed by atoms with Crippen molar-refractivity contribution in [3.8, 4) is 0 Å². The standard InChI is InChI=1S/C10H17N3O2/c1-14-8-15-7-9-5-10-6-11-3-2-4-13(10)12-9/h5,11H,2-4,6-8H2,1H3. The summed E-state index contributed by atoms with van der Waals surface area (Å²) in [5.41, 5.74) is 2.22. The summed E-state index contributed by atoms with van der Waals surface area (Å²) in [6.07, 6.45) is 1.13. The van der Waals surface area contributed by atoms with E-state index in [1.165, 1.54) is 5.69 Å². The number of hydrogen-bond donors (Lipinski definition) is 1. The van der Waals surface area contributed by atoms with Crippen molar-refractivity contribution in [3.63, 3.8) is 0 Å². The van der Waals surface area contributed by atoms with Crippen molar-refractivity contribution in [2.75, 3.05) is 20.4 Å². The largest absolute Gasteiger partial charge is 0.359 e. The lowest BCUT2D eigenvalue weighted by molar-refractivity contribution is -0.0402. The molecule has 5 heteroatoms. The van der Waals surface area contributed by atoms with E-state index in [1.807, 2.05) is 0 Å². The van der Waals surface area contributed by atoms with E-state index in [9.17, 15) is 0 Å². The van der Waals surface area contributed by atoms with Gasteiger partial charge in [0.1, 0.15) is 6.79 Å².